The molecular weight excluding hydrogens is 348 g/mol. The highest BCUT2D eigenvalue weighted by Crippen LogP contribution is 2.34. The normalized spacial score (nSPS) is 13.6. The number of nitrogens with zero attached hydrogens (tertiary/aromatic N) is 1. The number of furan rings is 1. The maximum Gasteiger partial charge on any atom is 0.265 e. The van der Waals surface area contributed by atoms with Crippen LogP contribution in [0.15, 0.2) is 50.4 Å². The number of hydrogen-bond donors (Lipinski definition) is 1. The van der Waals surface area contributed by atoms with Crippen molar-refractivity contribution in [2.75, 3.05) is 17.9 Å². The number of sulfonamides is 1. The molecule has 0 amide bonds. The molecule has 1 aliphatic heterocycles. The molecule has 0 fully saturated rings. The Hall–Kier alpha value is -2.94. The Balaban J connectivity index is 1.64. The van der Waals surface area contributed by atoms with Crippen LogP contribution in [-0.4, -0.2) is 26.8 Å². The Morgan fingerprint density at radius 2 is 1.84 bits per heavy atom. The molecule has 0 unspecified atom stereocenters. The van der Waals surface area contributed by atoms with Gasteiger partial charge in [0.2, 0.25) is 5.76 Å². The highest BCUT2D eigenvalue weighted by atomic mass is 32.2. The summed E-state index contributed by atoms with van der Waals surface area (Å²) in [4.78, 5) is 0.0220. The average Bonchev–Trinajstić information content (AvgIpc) is 3.24. The van der Waals surface area contributed by atoms with Gasteiger partial charge in [-0.1, -0.05) is 5.16 Å². The van der Waals surface area contributed by atoms with Gasteiger partial charge in [-0.15, -0.1) is 0 Å². The quantitative estimate of drug-likeness (QED) is 0.761. The number of anilines is 1. The SMILES string of the molecule is Cc1oc(-c2ccno2)cc1S(=O)(=O)Nc1ccc2c(c1)OCCO2. The predicted molar refractivity (Wildman–Crippen MR) is 87.2 cm³/mol. The number of aryl methyl sites for hydroxylation is 1. The third-order valence-corrected chi connectivity index (χ3v) is 5.13. The molecule has 1 N–H and O–H groups in total. The number of aromatic nitrogens is 1. The molecule has 0 atom stereocenters. The van der Waals surface area contributed by atoms with E-state index in [1.807, 2.05) is 0 Å². The third kappa shape index (κ3) is 2.93. The van der Waals surface area contributed by atoms with E-state index in [-0.39, 0.29) is 16.4 Å². The van der Waals surface area contributed by atoms with Gasteiger partial charge in [0.1, 0.15) is 23.9 Å². The Bertz CT molecular complexity index is 1010. The van der Waals surface area contributed by atoms with Crippen LogP contribution in [0.2, 0.25) is 0 Å². The molecule has 3 heterocycles. The van der Waals surface area contributed by atoms with Crippen LogP contribution >= 0.6 is 0 Å². The average molecular weight is 362 g/mol. The van der Waals surface area contributed by atoms with Crippen molar-refractivity contribution in [3.63, 3.8) is 0 Å². The number of rotatable bonds is 4. The van der Waals surface area contributed by atoms with E-state index in [2.05, 4.69) is 9.88 Å². The van der Waals surface area contributed by atoms with E-state index in [1.54, 1.807) is 31.2 Å². The molecule has 0 aliphatic carbocycles. The minimum atomic E-state index is -3.84. The number of nitrogens with one attached hydrogen (secondary N) is 1. The van der Waals surface area contributed by atoms with Crippen molar-refractivity contribution in [3.05, 3.63) is 42.3 Å². The highest BCUT2D eigenvalue weighted by molar-refractivity contribution is 7.92. The fourth-order valence-corrected chi connectivity index (χ4v) is 3.74. The van der Waals surface area contributed by atoms with Crippen LogP contribution in [0.4, 0.5) is 5.69 Å². The standard InChI is InChI=1S/C16H14N2O6S/c1-10-16(9-15(23-10)13-4-5-17-24-13)25(19,20)18-11-2-3-12-14(8-11)22-7-6-21-12/h2-5,8-9,18H,6-7H2,1H3. The van der Waals surface area contributed by atoms with E-state index in [9.17, 15) is 8.42 Å². The third-order valence-electron chi connectivity index (χ3n) is 3.64. The Kier molecular flexibility index (Phi) is 3.65. The van der Waals surface area contributed by atoms with Crippen molar-refractivity contribution in [3.8, 4) is 23.0 Å². The second kappa shape index (κ2) is 5.85. The van der Waals surface area contributed by atoms with Gasteiger partial charge >= 0.3 is 0 Å². The molecule has 0 spiro atoms. The molecule has 9 heteroatoms. The topological polar surface area (TPSA) is 104 Å². The molecular formula is C16H14N2O6S. The summed E-state index contributed by atoms with van der Waals surface area (Å²) in [5.41, 5.74) is 0.367. The molecule has 130 valence electrons. The first kappa shape index (κ1) is 15.6. The molecule has 3 aromatic rings. The van der Waals surface area contributed by atoms with Crippen LogP contribution in [0, 0.1) is 6.92 Å². The van der Waals surface area contributed by atoms with E-state index < -0.39 is 10.0 Å². The number of fused-ring (bicyclic) bond motifs is 1. The maximum absolute atomic E-state index is 12.7. The molecule has 0 radical (unpaired) electrons. The van der Waals surface area contributed by atoms with Crippen molar-refractivity contribution in [2.45, 2.75) is 11.8 Å². The molecule has 4 rings (SSSR count). The van der Waals surface area contributed by atoms with E-state index in [0.29, 0.717) is 36.2 Å². The zero-order chi connectivity index (χ0) is 17.4. The lowest BCUT2D eigenvalue weighted by atomic mass is 10.3. The molecule has 1 aliphatic rings. The summed E-state index contributed by atoms with van der Waals surface area (Å²) in [6.07, 6.45) is 1.45. The molecule has 8 nitrogen and oxygen atoms in total. The number of benzene rings is 1. The van der Waals surface area contributed by atoms with Gasteiger partial charge in [-0.2, -0.15) is 0 Å². The van der Waals surface area contributed by atoms with Crippen LogP contribution in [-0.2, 0) is 10.0 Å². The van der Waals surface area contributed by atoms with Crippen molar-refractivity contribution in [1.29, 1.82) is 0 Å². The zero-order valence-corrected chi connectivity index (χ0v) is 14.0. The summed E-state index contributed by atoms with van der Waals surface area (Å²) >= 11 is 0. The van der Waals surface area contributed by atoms with Gasteiger partial charge in [-0.25, -0.2) is 8.42 Å². The first-order chi connectivity index (χ1) is 12.0. The van der Waals surface area contributed by atoms with Crippen molar-refractivity contribution >= 4 is 15.7 Å². The monoisotopic (exact) mass is 362 g/mol. The van der Waals surface area contributed by atoms with Gasteiger partial charge in [0.15, 0.2) is 17.3 Å². The Morgan fingerprint density at radius 3 is 2.60 bits per heavy atom. The van der Waals surface area contributed by atoms with Crippen molar-refractivity contribution in [1.82, 2.24) is 5.16 Å². The summed E-state index contributed by atoms with van der Waals surface area (Å²) in [5.74, 6) is 1.97. The van der Waals surface area contributed by atoms with Gasteiger partial charge in [-0.05, 0) is 19.1 Å². The first-order valence-corrected chi connectivity index (χ1v) is 8.95. The fraction of sp³-hybridized carbons (Fsp3) is 0.188. The zero-order valence-electron chi connectivity index (χ0n) is 13.2. The summed E-state index contributed by atoms with van der Waals surface area (Å²) in [6, 6.07) is 7.84. The Labute approximate surface area is 143 Å². The van der Waals surface area contributed by atoms with Gasteiger partial charge in [0.05, 0.1) is 11.9 Å². The minimum Gasteiger partial charge on any atom is -0.486 e. The summed E-state index contributed by atoms with van der Waals surface area (Å²) < 4.78 is 49.2. The maximum atomic E-state index is 12.7. The highest BCUT2D eigenvalue weighted by Gasteiger charge is 2.24. The van der Waals surface area contributed by atoms with Gasteiger partial charge < -0.3 is 18.4 Å². The van der Waals surface area contributed by atoms with Gasteiger partial charge in [-0.3, -0.25) is 4.72 Å². The molecule has 2 aromatic heterocycles. The van der Waals surface area contributed by atoms with Gasteiger partial charge in [0, 0.05) is 18.2 Å². The summed E-state index contributed by atoms with van der Waals surface area (Å²) in [6.45, 7) is 2.46. The number of ether oxygens (including phenoxy) is 2. The van der Waals surface area contributed by atoms with E-state index in [0.717, 1.165) is 0 Å². The summed E-state index contributed by atoms with van der Waals surface area (Å²) in [5, 5.41) is 3.58. The van der Waals surface area contributed by atoms with E-state index >= 15 is 0 Å². The lowest BCUT2D eigenvalue weighted by Crippen LogP contribution is -2.16. The van der Waals surface area contributed by atoms with E-state index in [1.165, 1.54) is 12.3 Å². The molecule has 25 heavy (non-hydrogen) atoms. The lowest BCUT2D eigenvalue weighted by molar-refractivity contribution is 0.171. The van der Waals surface area contributed by atoms with Gasteiger partial charge in [0.25, 0.3) is 10.0 Å². The largest absolute Gasteiger partial charge is 0.486 e. The second-order valence-electron chi connectivity index (χ2n) is 5.37. The summed E-state index contributed by atoms with van der Waals surface area (Å²) in [7, 11) is -3.84. The smallest absolute Gasteiger partial charge is 0.265 e. The van der Waals surface area contributed by atoms with Crippen molar-refractivity contribution < 1.29 is 26.8 Å². The van der Waals surface area contributed by atoms with Crippen molar-refractivity contribution in [2.24, 2.45) is 0 Å². The molecule has 0 saturated heterocycles. The van der Waals surface area contributed by atoms with Crippen LogP contribution in [0.1, 0.15) is 5.76 Å². The molecule has 0 bridgehead atoms. The van der Waals surface area contributed by atoms with Crippen LogP contribution < -0.4 is 14.2 Å². The second-order valence-corrected chi connectivity index (χ2v) is 7.02. The first-order valence-electron chi connectivity index (χ1n) is 7.47. The molecule has 1 aromatic carbocycles. The number of hydrogen-bond acceptors (Lipinski definition) is 7. The molecule has 0 saturated carbocycles. The fourth-order valence-electron chi connectivity index (χ4n) is 2.51. The Morgan fingerprint density at radius 1 is 1.04 bits per heavy atom. The van der Waals surface area contributed by atoms with Crippen LogP contribution in [0.5, 0.6) is 11.5 Å². The predicted octanol–water partition coefficient (Wildman–Crippen LogP) is 2.82. The minimum absolute atomic E-state index is 0.0220. The van der Waals surface area contributed by atoms with Crippen LogP contribution in [0.25, 0.3) is 11.5 Å². The lowest BCUT2D eigenvalue weighted by Gasteiger charge is -2.19. The van der Waals surface area contributed by atoms with E-state index in [4.69, 9.17) is 18.4 Å². The van der Waals surface area contributed by atoms with Crippen LogP contribution in [0.3, 0.4) is 0 Å².